The van der Waals surface area contributed by atoms with Gasteiger partial charge in [0.1, 0.15) is 6.67 Å². The van der Waals surface area contributed by atoms with Crippen molar-refractivity contribution in [3.05, 3.63) is 0 Å². The molecule has 1 saturated heterocycles. The van der Waals surface area contributed by atoms with Crippen molar-refractivity contribution >= 4 is 0 Å². The van der Waals surface area contributed by atoms with E-state index in [9.17, 15) is 10.4 Å². The molecule has 64 valence electrons. The average molecular weight is 158 g/mol. The molecule has 1 heterocycles. The minimum Gasteiger partial charge on any atom is -0.131 e. The van der Waals surface area contributed by atoms with Gasteiger partial charge in [-0.3, -0.25) is 0 Å². The van der Waals surface area contributed by atoms with Gasteiger partial charge in [-0.25, -0.2) is 0 Å². The molecule has 0 atom stereocenters. The lowest BCUT2D eigenvalue weighted by Crippen LogP contribution is -2.52. The summed E-state index contributed by atoms with van der Waals surface area (Å²) in [6.45, 7) is 7.12. The number of hydrogen-bond donors (Lipinski definition) is 0. The van der Waals surface area contributed by atoms with Gasteiger partial charge in [0.05, 0.1) is 11.1 Å². The Balaban J connectivity index is 2.95. The lowest BCUT2D eigenvalue weighted by atomic mass is 9.84. The van der Waals surface area contributed by atoms with Crippen LogP contribution in [-0.4, -0.2) is 27.9 Å². The van der Waals surface area contributed by atoms with Gasteiger partial charge in [0.25, 0.3) is 0 Å². The van der Waals surface area contributed by atoms with Crippen LogP contribution in [0, 0.1) is 0 Å². The van der Waals surface area contributed by atoms with E-state index in [1.165, 1.54) is 0 Å². The first-order chi connectivity index (χ1) is 4.80. The van der Waals surface area contributed by atoms with Gasteiger partial charge in [0.2, 0.25) is 0 Å². The molecule has 0 amide bonds. The van der Waals surface area contributed by atoms with Gasteiger partial charge < -0.3 is 0 Å². The van der Waals surface area contributed by atoms with Crippen molar-refractivity contribution in [2.24, 2.45) is 0 Å². The summed E-state index contributed by atoms with van der Waals surface area (Å²) >= 11 is 0. The average Bonchev–Trinajstić information content (AvgIpc) is 1.95. The monoisotopic (exact) mass is 158 g/mol. The van der Waals surface area contributed by atoms with E-state index in [0.717, 1.165) is 10.1 Å². The van der Waals surface area contributed by atoms with E-state index < -0.39 is 11.1 Å². The van der Waals surface area contributed by atoms with Crippen molar-refractivity contribution < 1.29 is 10.4 Å². The molecule has 0 N–H and O–H groups in total. The molecule has 0 spiro atoms. The van der Waals surface area contributed by atoms with E-state index in [1.807, 2.05) is 0 Å². The second kappa shape index (κ2) is 2.17. The third-order valence-electron chi connectivity index (χ3n) is 3.00. The molecule has 1 aliphatic heterocycles. The lowest BCUT2D eigenvalue weighted by molar-refractivity contribution is -0.230. The van der Waals surface area contributed by atoms with E-state index in [0.29, 0.717) is 0 Å². The van der Waals surface area contributed by atoms with Crippen LogP contribution in [-0.2, 0) is 10.4 Å². The van der Waals surface area contributed by atoms with Crippen LogP contribution in [0.4, 0.5) is 0 Å². The third-order valence-corrected chi connectivity index (χ3v) is 3.00. The molecule has 0 unspecified atom stereocenters. The molecule has 1 fully saturated rings. The predicted molar refractivity (Wildman–Crippen MR) is 38.1 cm³/mol. The Kier molecular flexibility index (Phi) is 1.76. The zero-order valence-corrected chi connectivity index (χ0v) is 7.42. The van der Waals surface area contributed by atoms with E-state index in [2.05, 4.69) is 0 Å². The fraction of sp³-hybridized carbons (Fsp3) is 1.00. The van der Waals surface area contributed by atoms with Crippen LogP contribution in [0.25, 0.3) is 0 Å². The van der Waals surface area contributed by atoms with Crippen LogP contribution < -0.4 is 0 Å². The van der Waals surface area contributed by atoms with Crippen LogP contribution in [0.2, 0.25) is 0 Å². The molecule has 0 aliphatic carbocycles. The molecular weight excluding hydrogens is 144 g/mol. The smallest absolute Gasteiger partial charge is 0.107 e. The van der Waals surface area contributed by atoms with Crippen LogP contribution in [0.15, 0.2) is 0 Å². The summed E-state index contributed by atoms with van der Waals surface area (Å²) in [4.78, 5) is 0. The molecule has 11 heavy (non-hydrogen) atoms. The SMILES string of the molecule is CC1(C)N([O])CN([O])C1(C)C. The fourth-order valence-electron chi connectivity index (χ4n) is 1.08. The minimum absolute atomic E-state index is 0.0417. The van der Waals surface area contributed by atoms with Gasteiger partial charge in [-0.1, -0.05) is 0 Å². The maximum absolute atomic E-state index is 11.2. The van der Waals surface area contributed by atoms with Gasteiger partial charge in [-0.15, -0.1) is 20.5 Å². The summed E-state index contributed by atoms with van der Waals surface area (Å²) < 4.78 is 0. The second-order valence-electron chi connectivity index (χ2n) is 4.02. The second-order valence-corrected chi connectivity index (χ2v) is 4.02. The van der Waals surface area contributed by atoms with E-state index in [-0.39, 0.29) is 6.67 Å². The van der Waals surface area contributed by atoms with Crippen molar-refractivity contribution in [1.29, 1.82) is 0 Å². The first-order valence-electron chi connectivity index (χ1n) is 3.69. The van der Waals surface area contributed by atoms with Gasteiger partial charge in [0.15, 0.2) is 0 Å². The molecule has 0 aromatic rings. The van der Waals surface area contributed by atoms with Crippen molar-refractivity contribution in [3.8, 4) is 0 Å². The highest BCUT2D eigenvalue weighted by Gasteiger charge is 2.53. The Bertz CT molecular complexity index is 150. The van der Waals surface area contributed by atoms with Gasteiger partial charge >= 0.3 is 0 Å². The maximum Gasteiger partial charge on any atom is 0.107 e. The topological polar surface area (TPSA) is 46.3 Å². The molecule has 1 rings (SSSR count). The minimum atomic E-state index is -0.589. The van der Waals surface area contributed by atoms with E-state index in [4.69, 9.17) is 0 Å². The summed E-state index contributed by atoms with van der Waals surface area (Å²) in [5.74, 6) is 0. The zero-order valence-electron chi connectivity index (χ0n) is 7.42. The van der Waals surface area contributed by atoms with E-state index >= 15 is 0 Å². The Labute approximate surface area is 66.9 Å². The van der Waals surface area contributed by atoms with Crippen LogP contribution in [0.1, 0.15) is 27.7 Å². The molecular formula is C7H14N2O2. The summed E-state index contributed by atoms with van der Waals surface area (Å²) in [5.41, 5.74) is -1.18. The Morgan fingerprint density at radius 1 is 0.909 bits per heavy atom. The quantitative estimate of drug-likeness (QED) is 0.523. The zero-order chi connectivity index (χ0) is 8.86. The predicted octanol–water partition coefficient (Wildman–Crippen LogP) is 0.810. The van der Waals surface area contributed by atoms with Gasteiger partial charge in [-0.2, -0.15) is 0 Å². The fourth-order valence-corrected chi connectivity index (χ4v) is 1.08. The Morgan fingerprint density at radius 3 is 1.27 bits per heavy atom. The summed E-state index contributed by atoms with van der Waals surface area (Å²) in [6, 6.07) is 0. The van der Waals surface area contributed by atoms with Crippen molar-refractivity contribution in [2.45, 2.75) is 38.8 Å². The lowest BCUT2D eigenvalue weighted by Gasteiger charge is -2.36. The summed E-state index contributed by atoms with van der Waals surface area (Å²) in [5, 5.41) is 24.1. The molecule has 0 saturated carbocycles. The van der Waals surface area contributed by atoms with Crippen LogP contribution in [0.3, 0.4) is 0 Å². The number of rotatable bonds is 0. The third kappa shape index (κ3) is 0.980. The number of hydroxylamine groups is 4. The molecule has 4 nitrogen and oxygen atoms in total. The first kappa shape index (κ1) is 8.93. The Morgan fingerprint density at radius 2 is 1.18 bits per heavy atom. The highest BCUT2D eigenvalue weighted by molar-refractivity contribution is 5.02. The Hall–Kier alpha value is -0.160. The molecule has 0 bridgehead atoms. The maximum atomic E-state index is 11.2. The first-order valence-corrected chi connectivity index (χ1v) is 3.69. The van der Waals surface area contributed by atoms with Gasteiger partial charge in [-0.05, 0) is 27.7 Å². The van der Waals surface area contributed by atoms with E-state index in [1.54, 1.807) is 27.7 Å². The summed E-state index contributed by atoms with van der Waals surface area (Å²) in [6.07, 6.45) is 0. The van der Waals surface area contributed by atoms with Gasteiger partial charge in [0, 0.05) is 0 Å². The highest BCUT2D eigenvalue weighted by atomic mass is 16.6. The number of nitrogens with zero attached hydrogens (tertiary/aromatic N) is 2. The highest BCUT2D eigenvalue weighted by Crippen LogP contribution is 2.37. The van der Waals surface area contributed by atoms with Crippen LogP contribution >= 0.6 is 0 Å². The van der Waals surface area contributed by atoms with Crippen LogP contribution in [0.5, 0.6) is 0 Å². The molecule has 0 aromatic carbocycles. The largest absolute Gasteiger partial charge is 0.131 e. The molecule has 1 aliphatic rings. The summed E-state index contributed by atoms with van der Waals surface area (Å²) in [7, 11) is 0. The molecule has 4 heteroatoms. The molecule has 0 aromatic heterocycles. The van der Waals surface area contributed by atoms with Crippen molar-refractivity contribution in [1.82, 2.24) is 10.1 Å². The van der Waals surface area contributed by atoms with Crippen molar-refractivity contribution in [3.63, 3.8) is 0 Å². The standard InChI is InChI=1S/C7H14N2O2/c1-6(2)7(3,4)9(11)5-8(6)10/h5H2,1-4H3. The normalized spacial score (nSPS) is 31.1. The van der Waals surface area contributed by atoms with Crippen molar-refractivity contribution in [2.75, 3.05) is 6.67 Å². The molecule has 2 radical (unpaired) electrons. The number of hydrogen-bond acceptors (Lipinski definition) is 2.